The number of nitrogens with zero attached hydrogens (tertiary/aromatic N) is 1. The van der Waals surface area contributed by atoms with Gasteiger partial charge in [-0.15, -0.1) is 0 Å². The van der Waals surface area contributed by atoms with Gasteiger partial charge in [-0.25, -0.2) is 4.79 Å². The first kappa shape index (κ1) is 16.4. The molecule has 1 aliphatic heterocycles. The van der Waals surface area contributed by atoms with Crippen LogP contribution in [0, 0.1) is 5.92 Å². The molecule has 1 unspecified atom stereocenters. The van der Waals surface area contributed by atoms with Crippen LogP contribution in [-0.2, 0) is 0 Å². The van der Waals surface area contributed by atoms with Gasteiger partial charge in [-0.05, 0) is 49.8 Å². The zero-order valence-electron chi connectivity index (χ0n) is 13.7. The van der Waals surface area contributed by atoms with E-state index >= 15 is 0 Å². The van der Waals surface area contributed by atoms with Crippen molar-refractivity contribution in [3.63, 3.8) is 0 Å². The zero-order chi connectivity index (χ0) is 16.2. The van der Waals surface area contributed by atoms with Crippen molar-refractivity contribution in [1.29, 1.82) is 0 Å². The van der Waals surface area contributed by atoms with Crippen molar-refractivity contribution in [3.05, 3.63) is 23.2 Å². The molecule has 126 valence electrons. The number of ether oxygens (including phenoxy) is 1. The predicted octanol–water partition coefficient (Wildman–Crippen LogP) is 4.93. The second kappa shape index (κ2) is 7.43. The largest absolute Gasteiger partial charge is 0.495 e. The fourth-order valence-corrected chi connectivity index (χ4v) is 4.19. The molecule has 1 saturated carbocycles. The molecule has 2 amide bonds. The lowest BCUT2D eigenvalue weighted by Gasteiger charge is -2.34. The molecule has 0 bridgehead atoms. The highest BCUT2D eigenvalue weighted by atomic mass is 35.5. The number of hydrogen-bond donors (Lipinski definition) is 1. The van der Waals surface area contributed by atoms with Crippen LogP contribution < -0.4 is 10.1 Å². The molecule has 4 nitrogen and oxygen atoms in total. The van der Waals surface area contributed by atoms with Crippen molar-refractivity contribution in [1.82, 2.24) is 4.90 Å². The standard InChI is InChI=1S/C18H25ClN2O2/c1-23-17-10-9-14(19)12-15(17)20-18(22)21-11-5-8-16(21)13-6-3-2-4-7-13/h9-10,12-13,16H,2-8,11H2,1H3,(H,20,22). The van der Waals surface area contributed by atoms with Gasteiger partial charge in [0, 0.05) is 17.6 Å². The van der Waals surface area contributed by atoms with Crippen LogP contribution in [0.2, 0.25) is 5.02 Å². The van der Waals surface area contributed by atoms with E-state index in [0.29, 0.717) is 28.4 Å². The molecular formula is C18H25ClN2O2. The van der Waals surface area contributed by atoms with E-state index in [1.165, 1.54) is 32.1 Å². The zero-order valence-corrected chi connectivity index (χ0v) is 14.4. The van der Waals surface area contributed by atoms with Crippen LogP contribution in [0.4, 0.5) is 10.5 Å². The van der Waals surface area contributed by atoms with Crippen LogP contribution >= 0.6 is 11.6 Å². The van der Waals surface area contributed by atoms with Gasteiger partial charge in [0.15, 0.2) is 0 Å². The summed E-state index contributed by atoms with van der Waals surface area (Å²) in [4.78, 5) is 14.8. The monoisotopic (exact) mass is 336 g/mol. The summed E-state index contributed by atoms with van der Waals surface area (Å²) < 4.78 is 5.32. The molecule has 1 aliphatic carbocycles. The van der Waals surface area contributed by atoms with E-state index in [9.17, 15) is 4.79 Å². The van der Waals surface area contributed by atoms with Gasteiger partial charge in [0.2, 0.25) is 0 Å². The maximum absolute atomic E-state index is 12.8. The third-order valence-corrected chi connectivity index (χ3v) is 5.39. The Balaban J connectivity index is 1.70. The number of hydrogen-bond acceptors (Lipinski definition) is 2. The third-order valence-electron chi connectivity index (χ3n) is 5.16. The quantitative estimate of drug-likeness (QED) is 0.850. The average molecular weight is 337 g/mol. The summed E-state index contributed by atoms with van der Waals surface area (Å²) in [6, 6.07) is 5.64. The fraction of sp³-hybridized carbons (Fsp3) is 0.611. The molecule has 1 atom stereocenters. The first-order valence-electron chi connectivity index (χ1n) is 8.60. The lowest BCUT2D eigenvalue weighted by atomic mass is 9.83. The molecule has 5 heteroatoms. The van der Waals surface area contributed by atoms with Crippen molar-refractivity contribution in [3.8, 4) is 5.75 Å². The van der Waals surface area contributed by atoms with Crippen LogP contribution in [0.15, 0.2) is 18.2 Å². The molecule has 23 heavy (non-hydrogen) atoms. The Morgan fingerprint density at radius 3 is 2.74 bits per heavy atom. The summed E-state index contributed by atoms with van der Waals surface area (Å²) in [5.41, 5.74) is 0.638. The number of rotatable bonds is 3. The molecule has 2 aliphatic rings. The summed E-state index contributed by atoms with van der Waals surface area (Å²) in [6.45, 7) is 0.843. The topological polar surface area (TPSA) is 41.6 Å². The molecule has 1 N–H and O–H groups in total. The first-order chi connectivity index (χ1) is 11.2. The highest BCUT2D eigenvalue weighted by Gasteiger charge is 2.35. The van der Waals surface area contributed by atoms with Crippen molar-refractivity contribution in [2.24, 2.45) is 5.92 Å². The summed E-state index contributed by atoms with van der Waals surface area (Å²) >= 11 is 6.05. The van der Waals surface area contributed by atoms with Gasteiger partial charge in [-0.1, -0.05) is 30.9 Å². The van der Waals surface area contributed by atoms with Crippen molar-refractivity contribution in [2.45, 2.75) is 51.0 Å². The lowest BCUT2D eigenvalue weighted by Crippen LogP contribution is -2.43. The number of amides is 2. The number of carbonyl (C=O) groups excluding carboxylic acids is 1. The third kappa shape index (κ3) is 3.74. The Labute approximate surface area is 143 Å². The minimum Gasteiger partial charge on any atom is -0.495 e. The molecule has 0 spiro atoms. The Morgan fingerprint density at radius 1 is 1.22 bits per heavy atom. The van der Waals surface area contributed by atoms with Gasteiger partial charge in [0.05, 0.1) is 12.8 Å². The van der Waals surface area contributed by atoms with Crippen molar-refractivity contribution in [2.75, 3.05) is 19.0 Å². The van der Waals surface area contributed by atoms with Gasteiger partial charge in [0.1, 0.15) is 5.75 Å². The summed E-state index contributed by atoms with van der Waals surface area (Å²) in [6.07, 6.45) is 8.70. The van der Waals surface area contributed by atoms with Crippen molar-refractivity contribution < 1.29 is 9.53 Å². The van der Waals surface area contributed by atoms with E-state index < -0.39 is 0 Å². The average Bonchev–Trinajstić information content (AvgIpc) is 3.05. The number of benzene rings is 1. The molecule has 1 aromatic rings. The number of urea groups is 1. The Morgan fingerprint density at radius 2 is 2.00 bits per heavy atom. The minimum absolute atomic E-state index is 0.0290. The van der Waals surface area contributed by atoms with Crippen molar-refractivity contribution >= 4 is 23.3 Å². The highest BCUT2D eigenvalue weighted by Crippen LogP contribution is 2.35. The van der Waals surface area contributed by atoms with E-state index in [-0.39, 0.29) is 6.03 Å². The van der Waals surface area contributed by atoms with Crippen LogP contribution in [0.25, 0.3) is 0 Å². The lowest BCUT2D eigenvalue weighted by molar-refractivity contribution is 0.166. The Kier molecular flexibility index (Phi) is 5.31. The molecule has 1 saturated heterocycles. The predicted molar refractivity (Wildman–Crippen MR) is 93.3 cm³/mol. The second-order valence-electron chi connectivity index (χ2n) is 6.58. The summed E-state index contributed by atoms with van der Waals surface area (Å²) in [5.74, 6) is 1.30. The maximum atomic E-state index is 12.8. The Bertz CT molecular complexity index is 558. The first-order valence-corrected chi connectivity index (χ1v) is 8.98. The molecule has 1 aromatic carbocycles. The molecule has 2 fully saturated rings. The van der Waals surface area contributed by atoms with Gasteiger partial charge in [-0.2, -0.15) is 0 Å². The molecule has 3 rings (SSSR count). The second-order valence-corrected chi connectivity index (χ2v) is 7.01. The fourth-order valence-electron chi connectivity index (χ4n) is 4.02. The molecule has 0 radical (unpaired) electrons. The van der Waals surface area contributed by atoms with E-state index in [4.69, 9.17) is 16.3 Å². The number of methoxy groups -OCH3 is 1. The van der Waals surface area contributed by atoms with Gasteiger partial charge < -0.3 is 15.0 Å². The van der Waals surface area contributed by atoms with Gasteiger partial charge in [0.25, 0.3) is 0 Å². The number of carbonyl (C=O) groups is 1. The van der Waals surface area contributed by atoms with Crippen LogP contribution in [-0.4, -0.2) is 30.6 Å². The van der Waals surface area contributed by atoms with Crippen LogP contribution in [0.3, 0.4) is 0 Å². The smallest absolute Gasteiger partial charge is 0.322 e. The minimum atomic E-state index is -0.0290. The summed E-state index contributed by atoms with van der Waals surface area (Å²) in [7, 11) is 1.60. The van der Waals surface area contributed by atoms with E-state index in [0.717, 1.165) is 19.4 Å². The number of likely N-dealkylation sites (tertiary alicyclic amines) is 1. The molecular weight excluding hydrogens is 312 g/mol. The van der Waals surface area contributed by atoms with Crippen LogP contribution in [0.5, 0.6) is 5.75 Å². The molecule has 0 aromatic heterocycles. The van der Waals surface area contributed by atoms with Gasteiger partial charge >= 0.3 is 6.03 Å². The number of anilines is 1. The van der Waals surface area contributed by atoms with Gasteiger partial charge in [-0.3, -0.25) is 0 Å². The normalized spacial score (nSPS) is 22.2. The Hall–Kier alpha value is -1.42. The summed E-state index contributed by atoms with van der Waals surface area (Å²) in [5, 5.41) is 3.58. The highest BCUT2D eigenvalue weighted by molar-refractivity contribution is 6.31. The molecule has 1 heterocycles. The van der Waals surface area contributed by atoms with E-state index in [2.05, 4.69) is 5.32 Å². The number of halogens is 1. The number of nitrogens with one attached hydrogen (secondary N) is 1. The van der Waals surface area contributed by atoms with Crippen LogP contribution in [0.1, 0.15) is 44.9 Å². The van der Waals surface area contributed by atoms with E-state index in [1.807, 2.05) is 4.90 Å². The maximum Gasteiger partial charge on any atom is 0.322 e. The van der Waals surface area contributed by atoms with E-state index in [1.54, 1.807) is 25.3 Å². The SMILES string of the molecule is COc1ccc(Cl)cc1NC(=O)N1CCCC1C1CCCCC1.